The van der Waals surface area contributed by atoms with Crippen molar-refractivity contribution < 1.29 is 9.21 Å². The molecule has 4 nitrogen and oxygen atoms in total. The van der Waals surface area contributed by atoms with Crippen LogP contribution in [-0.2, 0) is 6.42 Å². The Morgan fingerprint density at radius 3 is 2.79 bits per heavy atom. The molecule has 2 aromatic heterocycles. The van der Waals surface area contributed by atoms with Crippen LogP contribution in [0.15, 0.2) is 41.5 Å². The van der Waals surface area contributed by atoms with Crippen LogP contribution in [0.4, 0.5) is 0 Å². The van der Waals surface area contributed by atoms with Gasteiger partial charge in [0.15, 0.2) is 5.78 Å². The van der Waals surface area contributed by atoms with Crippen molar-refractivity contribution in [2.75, 3.05) is 0 Å². The lowest BCUT2D eigenvalue weighted by atomic mass is 10.1. The summed E-state index contributed by atoms with van der Waals surface area (Å²) in [6, 6.07) is 3.52. The topological polar surface area (TPSA) is 56.0 Å². The normalized spacial score (nSPS) is 10.0. The molecular weight excluding hydrogens is 180 g/mol. The largest absolute Gasteiger partial charge is 0.469 e. The molecule has 4 heteroatoms. The van der Waals surface area contributed by atoms with E-state index in [-0.39, 0.29) is 12.2 Å². The van der Waals surface area contributed by atoms with Gasteiger partial charge in [0.2, 0.25) is 0 Å². The Labute approximate surface area is 80.6 Å². The smallest absolute Gasteiger partial charge is 0.173 e. The maximum atomic E-state index is 11.6. The number of rotatable bonds is 3. The van der Waals surface area contributed by atoms with Crippen molar-refractivity contribution in [1.82, 2.24) is 9.97 Å². The van der Waals surface area contributed by atoms with Gasteiger partial charge in [0.05, 0.1) is 18.2 Å². The average molecular weight is 188 g/mol. The fraction of sp³-hybridized carbons (Fsp3) is 0.100. The van der Waals surface area contributed by atoms with Crippen molar-refractivity contribution in [3.63, 3.8) is 0 Å². The molecule has 14 heavy (non-hydrogen) atoms. The molecule has 0 unspecified atom stereocenters. The van der Waals surface area contributed by atoms with E-state index in [1.807, 2.05) is 0 Å². The standard InChI is InChI=1S/C10H8N2O2/c13-10(4-9-2-1-3-14-9)8-5-11-7-12-6-8/h1-3,5-7H,4H2. The molecule has 2 rings (SSSR count). The van der Waals surface area contributed by atoms with E-state index in [1.54, 1.807) is 18.4 Å². The summed E-state index contributed by atoms with van der Waals surface area (Å²) in [7, 11) is 0. The van der Waals surface area contributed by atoms with Crippen molar-refractivity contribution in [1.29, 1.82) is 0 Å². The second kappa shape index (κ2) is 3.83. The van der Waals surface area contributed by atoms with Crippen LogP contribution in [0, 0.1) is 0 Å². The zero-order valence-corrected chi connectivity index (χ0v) is 7.38. The number of nitrogens with zero attached hydrogens (tertiary/aromatic N) is 2. The van der Waals surface area contributed by atoms with Gasteiger partial charge in [0, 0.05) is 12.4 Å². The van der Waals surface area contributed by atoms with Gasteiger partial charge < -0.3 is 4.42 Å². The second-order valence-electron chi connectivity index (χ2n) is 2.81. The van der Waals surface area contributed by atoms with Crippen LogP contribution in [0.25, 0.3) is 0 Å². The van der Waals surface area contributed by atoms with Crippen LogP contribution in [-0.4, -0.2) is 15.8 Å². The molecule has 0 aliphatic heterocycles. The van der Waals surface area contributed by atoms with Crippen LogP contribution in [0.2, 0.25) is 0 Å². The van der Waals surface area contributed by atoms with Crippen molar-refractivity contribution in [3.05, 3.63) is 48.4 Å². The maximum Gasteiger partial charge on any atom is 0.173 e. The third-order valence-corrected chi connectivity index (χ3v) is 1.80. The van der Waals surface area contributed by atoms with Crippen molar-refractivity contribution >= 4 is 5.78 Å². The fourth-order valence-corrected chi connectivity index (χ4v) is 1.12. The molecule has 0 saturated carbocycles. The molecule has 70 valence electrons. The highest BCUT2D eigenvalue weighted by Gasteiger charge is 2.08. The van der Waals surface area contributed by atoms with E-state index in [4.69, 9.17) is 4.42 Å². The molecule has 0 fully saturated rings. The zero-order valence-electron chi connectivity index (χ0n) is 7.38. The van der Waals surface area contributed by atoms with Gasteiger partial charge in [-0.05, 0) is 12.1 Å². The molecule has 0 N–H and O–H groups in total. The van der Waals surface area contributed by atoms with E-state index in [9.17, 15) is 4.79 Å². The number of ketones is 1. The third-order valence-electron chi connectivity index (χ3n) is 1.80. The van der Waals surface area contributed by atoms with Crippen molar-refractivity contribution in [2.24, 2.45) is 0 Å². The molecule has 2 heterocycles. The first-order valence-corrected chi connectivity index (χ1v) is 4.17. The summed E-state index contributed by atoms with van der Waals surface area (Å²) >= 11 is 0. The van der Waals surface area contributed by atoms with Gasteiger partial charge in [0.25, 0.3) is 0 Å². The molecule has 0 radical (unpaired) electrons. The van der Waals surface area contributed by atoms with E-state index in [0.29, 0.717) is 11.3 Å². The van der Waals surface area contributed by atoms with Gasteiger partial charge in [-0.2, -0.15) is 0 Å². The molecule has 0 aromatic carbocycles. The minimum absolute atomic E-state index is 0.0412. The van der Waals surface area contributed by atoms with Gasteiger partial charge in [-0.1, -0.05) is 0 Å². The van der Waals surface area contributed by atoms with Crippen LogP contribution in [0.1, 0.15) is 16.1 Å². The molecule has 0 atom stereocenters. The van der Waals surface area contributed by atoms with Gasteiger partial charge in [-0.15, -0.1) is 0 Å². The Kier molecular flexibility index (Phi) is 2.36. The Hall–Kier alpha value is -1.97. The predicted molar refractivity (Wildman–Crippen MR) is 48.8 cm³/mol. The first-order valence-electron chi connectivity index (χ1n) is 4.17. The van der Waals surface area contributed by atoms with Crippen LogP contribution in [0.3, 0.4) is 0 Å². The van der Waals surface area contributed by atoms with Gasteiger partial charge in [0.1, 0.15) is 12.1 Å². The molecule has 2 aromatic rings. The highest BCUT2D eigenvalue weighted by atomic mass is 16.3. The minimum atomic E-state index is -0.0412. The van der Waals surface area contributed by atoms with Crippen LogP contribution in [0.5, 0.6) is 0 Å². The Morgan fingerprint density at radius 2 is 2.14 bits per heavy atom. The van der Waals surface area contributed by atoms with Gasteiger partial charge in [-0.25, -0.2) is 9.97 Å². The van der Waals surface area contributed by atoms with E-state index in [1.165, 1.54) is 18.7 Å². The SMILES string of the molecule is O=C(Cc1ccco1)c1cncnc1. The lowest BCUT2D eigenvalue weighted by molar-refractivity contribution is 0.0986. The van der Waals surface area contributed by atoms with Gasteiger partial charge in [-0.3, -0.25) is 4.79 Å². The van der Waals surface area contributed by atoms with E-state index >= 15 is 0 Å². The highest BCUT2D eigenvalue weighted by Crippen LogP contribution is 2.05. The van der Waals surface area contributed by atoms with Crippen molar-refractivity contribution in [2.45, 2.75) is 6.42 Å². The number of aromatic nitrogens is 2. The predicted octanol–water partition coefficient (Wildman–Crippen LogP) is 1.49. The molecule has 0 bridgehead atoms. The summed E-state index contributed by atoms with van der Waals surface area (Å²) < 4.78 is 5.06. The lowest BCUT2D eigenvalue weighted by Crippen LogP contribution is -2.03. The summed E-state index contributed by atoms with van der Waals surface area (Å²) in [4.78, 5) is 19.1. The number of hydrogen-bond donors (Lipinski definition) is 0. The maximum absolute atomic E-state index is 11.6. The first kappa shape index (κ1) is 8.62. The molecule has 0 amide bonds. The molecule has 0 aliphatic carbocycles. The van der Waals surface area contributed by atoms with E-state index in [0.717, 1.165) is 0 Å². The number of furan rings is 1. The summed E-state index contributed by atoms with van der Waals surface area (Å²) in [5, 5.41) is 0. The Balaban J connectivity index is 2.11. The molecule has 0 spiro atoms. The van der Waals surface area contributed by atoms with Gasteiger partial charge >= 0.3 is 0 Å². The van der Waals surface area contributed by atoms with Crippen LogP contribution >= 0.6 is 0 Å². The third kappa shape index (κ3) is 1.85. The summed E-state index contributed by atoms with van der Waals surface area (Å²) in [6.45, 7) is 0. The Bertz CT molecular complexity index is 409. The Morgan fingerprint density at radius 1 is 1.36 bits per heavy atom. The van der Waals surface area contributed by atoms with Crippen LogP contribution < -0.4 is 0 Å². The summed E-state index contributed by atoms with van der Waals surface area (Å²) in [6.07, 6.45) is 6.19. The monoisotopic (exact) mass is 188 g/mol. The summed E-state index contributed by atoms with van der Waals surface area (Å²) in [5.41, 5.74) is 0.504. The van der Waals surface area contributed by atoms with Crippen molar-refractivity contribution in [3.8, 4) is 0 Å². The second-order valence-corrected chi connectivity index (χ2v) is 2.81. The summed E-state index contributed by atoms with van der Waals surface area (Å²) in [5.74, 6) is 0.611. The number of hydrogen-bond acceptors (Lipinski definition) is 4. The minimum Gasteiger partial charge on any atom is -0.469 e. The molecule has 0 aliphatic rings. The first-order chi connectivity index (χ1) is 6.86. The lowest BCUT2D eigenvalue weighted by Gasteiger charge is -1.96. The fourth-order valence-electron chi connectivity index (χ4n) is 1.12. The average Bonchev–Trinajstić information content (AvgIpc) is 2.72. The van der Waals surface area contributed by atoms with E-state index in [2.05, 4.69) is 9.97 Å². The number of Topliss-reactive ketones (excluding diaryl/α,β-unsaturated/α-hetero) is 1. The molecular formula is C10H8N2O2. The number of carbonyl (C=O) groups is 1. The van der Waals surface area contributed by atoms with E-state index < -0.39 is 0 Å². The number of carbonyl (C=O) groups excluding carboxylic acids is 1. The molecule has 0 saturated heterocycles. The quantitative estimate of drug-likeness (QED) is 0.685. The zero-order chi connectivity index (χ0) is 9.80. The highest BCUT2D eigenvalue weighted by molar-refractivity contribution is 5.96.